The van der Waals surface area contributed by atoms with Crippen LogP contribution in [-0.4, -0.2) is 50.2 Å². The predicted octanol–water partition coefficient (Wildman–Crippen LogP) is 1.65. The molecule has 0 rings (SSSR count). The molecule has 0 unspecified atom stereocenters. The maximum absolute atomic E-state index is 11.0. The fourth-order valence-corrected chi connectivity index (χ4v) is 1.67. The van der Waals surface area contributed by atoms with Crippen molar-refractivity contribution in [1.82, 2.24) is 10.2 Å². The van der Waals surface area contributed by atoms with Crippen molar-refractivity contribution in [3.05, 3.63) is 0 Å². The lowest BCUT2D eigenvalue weighted by Gasteiger charge is -2.17. The highest BCUT2D eigenvalue weighted by Crippen LogP contribution is 1.94. The van der Waals surface area contributed by atoms with Crippen molar-refractivity contribution in [2.24, 2.45) is 0 Å². The highest BCUT2D eigenvalue weighted by Gasteiger charge is 2.00. The SMILES string of the molecule is CCOC(=O)CCNCCCCN(CC)CC. The third-order valence-corrected chi connectivity index (χ3v) is 2.78. The monoisotopic (exact) mass is 244 g/mol. The Balaban J connectivity index is 3.21. The number of ether oxygens (including phenoxy) is 1. The second-order valence-corrected chi connectivity index (χ2v) is 4.04. The molecule has 0 amide bonds. The van der Waals surface area contributed by atoms with Gasteiger partial charge in [0.25, 0.3) is 0 Å². The van der Waals surface area contributed by atoms with Crippen LogP contribution in [0.4, 0.5) is 0 Å². The minimum absolute atomic E-state index is 0.108. The highest BCUT2D eigenvalue weighted by atomic mass is 16.5. The molecule has 0 aromatic rings. The first-order chi connectivity index (χ1) is 8.24. The Labute approximate surface area is 106 Å². The Morgan fingerprint density at radius 3 is 2.41 bits per heavy atom. The minimum Gasteiger partial charge on any atom is -0.466 e. The number of carbonyl (C=O) groups excluding carboxylic acids is 1. The molecule has 4 heteroatoms. The smallest absolute Gasteiger partial charge is 0.307 e. The van der Waals surface area contributed by atoms with Crippen molar-refractivity contribution in [3.63, 3.8) is 0 Å². The topological polar surface area (TPSA) is 41.6 Å². The summed E-state index contributed by atoms with van der Waals surface area (Å²) in [6, 6.07) is 0. The van der Waals surface area contributed by atoms with Crippen molar-refractivity contribution in [2.75, 3.05) is 39.3 Å². The summed E-state index contributed by atoms with van der Waals surface area (Å²) in [5.41, 5.74) is 0. The van der Waals surface area contributed by atoms with Gasteiger partial charge in [-0.15, -0.1) is 0 Å². The molecule has 0 atom stereocenters. The zero-order valence-electron chi connectivity index (χ0n) is 11.6. The fraction of sp³-hybridized carbons (Fsp3) is 0.923. The van der Waals surface area contributed by atoms with Crippen molar-refractivity contribution in [1.29, 1.82) is 0 Å². The number of hydrogen-bond acceptors (Lipinski definition) is 4. The van der Waals surface area contributed by atoms with E-state index in [1.165, 1.54) is 19.4 Å². The van der Waals surface area contributed by atoms with Crippen LogP contribution in [0.25, 0.3) is 0 Å². The molecule has 17 heavy (non-hydrogen) atoms. The lowest BCUT2D eigenvalue weighted by atomic mass is 10.3. The van der Waals surface area contributed by atoms with Crippen LogP contribution in [0.1, 0.15) is 40.0 Å². The van der Waals surface area contributed by atoms with Crippen LogP contribution in [0.3, 0.4) is 0 Å². The van der Waals surface area contributed by atoms with E-state index in [-0.39, 0.29) is 5.97 Å². The molecule has 0 heterocycles. The van der Waals surface area contributed by atoms with Gasteiger partial charge in [0.05, 0.1) is 13.0 Å². The number of hydrogen-bond donors (Lipinski definition) is 1. The normalized spacial score (nSPS) is 10.8. The van der Waals surface area contributed by atoms with E-state index < -0.39 is 0 Å². The third-order valence-electron chi connectivity index (χ3n) is 2.78. The Bertz CT molecular complexity index is 182. The zero-order valence-corrected chi connectivity index (χ0v) is 11.6. The number of nitrogens with zero attached hydrogens (tertiary/aromatic N) is 1. The molecule has 0 aliphatic carbocycles. The van der Waals surface area contributed by atoms with Crippen LogP contribution in [-0.2, 0) is 9.53 Å². The molecule has 0 spiro atoms. The molecule has 0 saturated carbocycles. The molecule has 0 aromatic carbocycles. The average Bonchev–Trinajstić information content (AvgIpc) is 2.33. The van der Waals surface area contributed by atoms with Crippen LogP contribution >= 0.6 is 0 Å². The van der Waals surface area contributed by atoms with Crippen LogP contribution in [0.2, 0.25) is 0 Å². The largest absolute Gasteiger partial charge is 0.466 e. The molecule has 0 aromatic heterocycles. The van der Waals surface area contributed by atoms with E-state index in [1.807, 2.05) is 6.92 Å². The van der Waals surface area contributed by atoms with Gasteiger partial charge in [-0.1, -0.05) is 13.8 Å². The third kappa shape index (κ3) is 10.3. The van der Waals surface area contributed by atoms with Gasteiger partial charge in [0.2, 0.25) is 0 Å². The van der Waals surface area contributed by atoms with Crippen LogP contribution in [0.5, 0.6) is 0 Å². The summed E-state index contributed by atoms with van der Waals surface area (Å²) in [7, 11) is 0. The van der Waals surface area contributed by atoms with E-state index in [9.17, 15) is 4.79 Å². The molecule has 0 radical (unpaired) electrons. The van der Waals surface area contributed by atoms with E-state index in [4.69, 9.17) is 4.74 Å². The zero-order chi connectivity index (χ0) is 12.9. The van der Waals surface area contributed by atoms with E-state index in [0.717, 1.165) is 26.2 Å². The van der Waals surface area contributed by atoms with Crippen molar-refractivity contribution in [3.8, 4) is 0 Å². The van der Waals surface area contributed by atoms with Gasteiger partial charge in [-0.05, 0) is 45.9 Å². The maximum Gasteiger partial charge on any atom is 0.307 e. The molecule has 0 aliphatic heterocycles. The average molecular weight is 244 g/mol. The first kappa shape index (κ1) is 16.4. The molecule has 0 fully saturated rings. The second kappa shape index (κ2) is 11.9. The molecule has 4 nitrogen and oxygen atoms in total. The van der Waals surface area contributed by atoms with Gasteiger partial charge in [0.1, 0.15) is 0 Å². The number of rotatable bonds is 11. The molecule has 102 valence electrons. The van der Waals surface area contributed by atoms with Gasteiger partial charge < -0.3 is 15.0 Å². The summed E-state index contributed by atoms with van der Waals surface area (Å²) in [6.07, 6.45) is 2.86. The van der Waals surface area contributed by atoms with Crippen LogP contribution < -0.4 is 5.32 Å². The molecular formula is C13H28N2O2. The quantitative estimate of drug-likeness (QED) is 0.443. The molecule has 0 bridgehead atoms. The predicted molar refractivity (Wildman–Crippen MR) is 71.1 cm³/mol. The fourth-order valence-electron chi connectivity index (χ4n) is 1.67. The lowest BCUT2D eigenvalue weighted by molar-refractivity contribution is -0.142. The van der Waals surface area contributed by atoms with Gasteiger partial charge >= 0.3 is 5.97 Å². The summed E-state index contributed by atoms with van der Waals surface area (Å²) in [4.78, 5) is 13.5. The summed E-state index contributed by atoms with van der Waals surface area (Å²) in [6.45, 7) is 11.8. The van der Waals surface area contributed by atoms with E-state index in [0.29, 0.717) is 13.0 Å². The molecular weight excluding hydrogens is 216 g/mol. The Morgan fingerprint density at radius 2 is 1.82 bits per heavy atom. The first-order valence-corrected chi connectivity index (χ1v) is 6.83. The van der Waals surface area contributed by atoms with Gasteiger partial charge in [-0.3, -0.25) is 4.79 Å². The second-order valence-electron chi connectivity index (χ2n) is 4.04. The Hall–Kier alpha value is -0.610. The maximum atomic E-state index is 11.0. The highest BCUT2D eigenvalue weighted by molar-refractivity contribution is 5.69. The number of nitrogens with one attached hydrogen (secondary N) is 1. The minimum atomic E-state index is -0.108. The van der Waals surface area contributed by atoms with E-state index in [2.05, 4.69) is 24.1 Å². The first-order valence-electron chi connectivity index (χ1n) is 6.83. The van der Waals surface area contributed by atoms with E-state index >= 15 is 0 Å². The van der Waals surface area contributed by atoms with Gasteiger partial charge in [-0.25, -0.2) is 0 Å². The summed E-state index contributed by atoms with van der Waals surface area (Å²) < 4.78 is 4.84. The number of unbranched alkanes of at least 4 members (excludes halogenated alkanes) is 1. The summed E-state index contributed by atoms with van der Waals surface area (Å²) in [5.74, 6) is -0.108. The van der Waals surface area contributed by atoms with Crippen LogP contribution in [0, 0.1) is 0 Å². The molecule has 0 saturated heterocycles. The Kier molecular flexibility index (Phi) is 11.4. The van der Waals surface area contributed by atoms with Gasteiger partial charge in [-0.2, -0.15) is 0 Å². The standard InChI is InChI=1S/C13H28N2O2/c1-4-15(5-2)12-8-7-10-14-11-9-13(16)17-6-3/h14H,4-12H2,1-3H3. The van der Waals surface area contributed by atoms with Crippen molar-refractivity contribution >= 4 is 5.97 Å². The number of carbonyl (C=O) groups is 1. The van der Waals surface area contributed by atoms with Gasteiger partial charge in [0, 0.05) is 6.54 Å². The summed E-state index contributed by atoms with van der Waals surface area (Å²) >= 11 is 0. The van der Waals surface area contributed by atoms with E-state index in [1.54, 1.807) is 0 Å². The van der Waals surface area contributed by atoms with Crippen molar-refractivity contribution in [2.45, 2.75) is 40.0 Å². The summed E-state index contributed by atoms with van der Waals surface area (Å²) in [5, 5.41) is 3.27. The molecule has 1 N–H and O–H groups in total. The lowest BCUT2D eigenvalue weighted by Crippen LogP contribution is -2.25. The Morgan fingerprint density at radius 1 is 1.12 bits per heavy atom. The molecule has 0 aliphatic rings. The van der Waals surface area contributed by atoms with Crippen molar-refractivity contribution < 1.29 is 9.53 Å². The van der Waals surface area contributed by atoms with Gasteiger partial charge in [0.15, 0.2) is 0 Å². The van der Waals surface area contributed by atoms with Crippen LogP contribution in [0.15, 0.2) is 0 Å². The number of esters is 1.